The predicted molar refractivity (Wildman–Crippen MR) is 133 cm³/mol. The highest BCUT2D eigenvalue weighted by Crippen LogP contribution is 2.42. The van der Waals surface area contributed by atoms with Crippen molar-refractivity contribution in [1.82, 2.24) is 10.2 Å². The molecule has 34 heavy (non-hydrogen) atoms. The van der Waals surface area contributed by atoms with E-state index in [9.17, 15) is 9.90 Å². The van der Waals surface area contributed by atoms with Gasteiger partial charge in [0.1, 0.15) is 17.4 Å². The largest absolute Gasteiger partial charge is 0.496 e. The minimum atomic E-state index is -0.669. The second-order valence-corrected chi connectivity index (χ2v) is 9.43. The molecule has 1 amide bonds. The van der Waals surface area contributed by atoms with E-state index in [1.807, 2.05) is 17.9 Å². The molecule has 0 bridgehead atoms. The van der Waals surface area contributed by atoms with Crippen LogP contribution in [0.25, 0.3) is 0 Å². The third-order valence-electron chi connectivity index (χ3n) is 6.92. The molecule has 0 saturated carbocycles. The van der Waals surface area contributed by atoms with Crippen LogP contribution in [0.15, 0.2) is 46.2 Å². The van der Waals surface area contributed by atoms with Gasteiger partial charge in [0, 0.05) is 43.9 Å². The van der Waals surface area contributed by atoms with E-state index in [2.05, 4.69) is 29.7 Å². The number of carbonyl (C=O) groups excluding carboxylic acids is 1. The van der Waals surface area contributed by atoms with Crippen LogP contribution >= 0.6 is 0 Å². The van der Waals surface area contributed by atoms with E-state index in [0.29, 0.717) is 49.9 Å². The molecule has 3 heterocycles. The number of carbonyl (C=O) groups is 1. The number of hydrogen-bond acceptors (Lipinski definition) is 7. The Morgan fingerprint density at radius 2 is 2.06 bits per heavy atom. The third-order valence-corrected chi connectivity index (χ3v) is 6.92. The number of fused-ring (bicyclic) bond motifs is 1. The molecule has 0 spiro atoms. The monoisotopic (exact) mass is 466 g/mol. The number of aliphatic imine (C=N–C) groups is 2. The molecule has 1 aromatic carbocycles. The molecule has 1 aromatic rings. The average Bonchev–Trinajstić information content (AvgIpc) is 3.26. The van der Waals surface area contributed by atoms with Crippen LogP contribution in [0.1, 0.15) is 49.7 Å². The molecular weight excluding hydrogens is 432 g/mol. The zero-order valence-electron chi connectivity index (χ0n) is 20.1. The molecule has 2 fully saturated rings. The van der Waals surface area contributed by atoms with Gasteiger partial charge in [0.2, 0.25) is 0 Å². The summed E-state index contributed by atoms with van der Waals surface area (Å²) >= 11 is 0. The Kier molecular flexibility index (Phi) is 7.19. The van der Waals surface area contributed by atoms with Gasteiger partial charge in [-0.2, -0.15) is 0 Å². The van der Waals surface area contributed by atoms with Gasteiger partial charge in [-0.15, -0.1) is 0 Å². The Bertz CT molecular complexity index is 1030. The number of aliphatic hydroxyl groups is 1. The van der Waals surface area contributed by atoms with Crippen molar-refractivity contribution in [2.45, 2.75) is 50.5 Å². The molecular formula is C26H34N4O4. The maximum atomic E-state index is 12.9. The SMILES string of the molecule is C=N/C(=C\C(=C)C(=O)NC1=Nc2c(C3CCOCC3)ccc(OC)c2C1)N1CCC(C)(O)CC1. The van der Waals surface area contributed by atoms with Gasteiger partial charge in [0.15, 0.2) is 0 Å². The minimum absolute atomic E-state index is 0.273. The number of ether oxygens (including phenoxy) is 2. The summed E-state index contributed by atoms with van der Waals surface area (Å²) in [5.74, 6) is 1.99. The van der Waals surface area contributed by atoms with Crippen LogP contribution in [0, 0.1) is 0 Å². The smallest absolute Gasteiger partial charge is 0.256 e. The van der Waals surface area contributed by atoms with Gasteiger partial charge in [-0.3, -0.25) is 4.79 Å². The molecule has 182 valence electrons. The summed E-state index contributed by atoms with van der Waals surface area (Å²) in [6.07, 6.45) is 5.31. The van der Waals surface area contributed by atoms with Crippen molar-refractivity contribution in [1.29, 1.82) is 0 Å². The molecule has 0 atom stereocenters. The summed E-state index contributed by atoms with van der Waals surface area (Å²) in [5.41, 5.74) is 2.68. The van der Waals surface area contributed by atoms with E-state index in [0.717, 1.165) is 43.1 Å². The number of benzene rings is 1. The molecule has 0 aliphatic carbocycles. The molecule has 0 radical (unpaired) electrons. The van der Waals surface area contributed by atoms with E-state index in [1.165, 1.54) is 5.56 Å². The molecule has 2 saturated heterocycles. The van der Waals surface area contributed by atoms with E-state index < -0.39 is 5.60 Å². The van der Waals surface area contributed by atoms with Gasteiger partial charge < -0.3 is 24.8 Å². The summed E-state index contributed by atoms with van der Waals surface area (Å²) in [4.78, 5) is 23.8. The molecule has 8 nitrogen and oxygen atoms in total. The van der Waals surface area contributed by atoms with Crippen LogP contribution in [0.4, 0.5) is 5.69 Å². The highest BCUT2D eigenvalue weighted by Gasteiger charge is 2.29. The van der Waals surface area contributed by atoms with Crippen LogP contribution in [-0.2, 0) is 16.0 Å². The van der Waals surface area contributed by atoms with Crippen molar-refractivity contribution in [2.75, 3.05) is 33.4 Å². The molecule has 4 rings (SSSR count). The standard InChI is InChI=1S/C26H34N4O4/c1-17(15-23(27-3)30-11-9-26(2,32)10-12-30)25(31)29-22-16-20-21(33-4)6-5-19(24(20)28-22)18-7-13-34-14-8-18/h5-6,15,18,32H,1,3,7-14,16H2,2,4H3,(H,28,29,31)/b23-15+. The molecule has 0 aromatic heterocycles. The van der Waals surface area contributed by atoms with Gasteiger partial charge in [0.25, 0.3) is 5.91 Å². The zero-order chi connectivity index (χ0) is 24.3. The summed E-state index contributed by atoms with van der Waals surface area (Å²) in [6.45, 7) is 12.2. The van der Waals surface area contributed by atoms with Crippen molar-refractivity contribution >= 4 is 24.1 Å². The van der Waals surface area contributed by atoms with Gasteiger partial charge >= 0.3 is 0 Å². The number of amides is 1. The van der Waals surface area contributed by atoms with Crippen molar-refractivity contribution < 1.29 is 19.4 Å². The fourth-order valence-electron chi connectivity index (χ4n) is 4.77. The molecule has 3 aliphatic heterocycles. The van der Waals surface area contributed by atoms with Crippen LogP contribution in [0.2, 0.25) is 0 Å². The van der Waals surface area contributed by atoms with Gasteiger partial charge in [-0.25, -0.2) is 9.98 Å². The Hall–Kier alpha value is -2.97. The maximum Gasteiger partial charge on any atom is 0.256 e. The zero-order valence-corrected chi connectivity index (χ0v) is 20.1. The maximum absolute atomic E-state index is 12.9. The van der Waals surface area contributed by atoms with Gasteiger partial charge in [-0.05, 0) is 62.9 Å². The van der Waals surface area contributed by atoms with Crippen LogP contribution in [0.5, 0.6) is 5.75 Å². The number of hydrogen-bond donors (Lipinski definition) is 2. The first-order valence-corrected chi connectivity index (χ1v) is 11.8. The summed E-state index contributed by atoms with van der Waals surface area (Å²) in [5, 5.41) is 13.1. The third kappa shape index (κ3) is 5.23. The normalized spacial score (nSPS) is 20.4. The fourth-order valence-corrected chi connectivity index (χ4v) is 4.77. The summed E-state index contributed by atoms with van der Waals surface area (Å²) < 4.78 is 11.1. The van der Waals surface area contributed by atoms with Crippen molar-refractivity contribution in [3.05, 3.63) is 47.3 Å². The number of rotatable bonds is 6. The Labute approximate surface area is 201 Å². The fraction of sp³-hybridized carbons (Fsp3) is 0.500. The highest BCUT2D eigenvalue weighted by molar-refractivity contribution is 6.10. The van der Waals surface area contributed by atoms with E-state index in [4.69, 9.17) is 14.5 Å². The summed E-state index contributed by atoms with van der Waals surface area (Å²) in [7, 11) is 1.65. The lowest BCUT2D eigenvalue weighted by Gasteiger charge is -2.37. The Balaban J connectivity index is 1.47. The summed E-state index contributed by atoms with van der Waals surface area (Å²) in [6, 6.07) is 4.07. The van der Waals surface area contributed by atoms with Crippen LogP contribution < -0.4 is 10.1 Å². The average molecular weight is 467 g/mol. The van der Waals surface area contributed by atoms with Crippen molar-refractivity contribution in [3.63, 3.8) is 0 Å². The number of nitrogens with one attached hydrogen (secondary N) is 1. The number of nitrogens with zero attached hydrogens (tertiary/aromatic N) is 3. The van der Waals surface area contributed by atoms with Crippen LogP contribution in [-0.4, -0.2) is 67.5 Å². The highest BCUT2D eigenvalue weighted by atomic mass is 16.5. The Morgan fingerprint density at radius 3 is 2.71 bits per heavy atom. The van der Waals surface area contributed by atoms with Gasteiger partial charge in [0.05, 0.1) is 18.4 Å². The van der Waals surface area contributed by atoms with Crippen LogP contribution in [0.3, 0.4) is 0 Å². The lowest BCUT2D eigenvalue weighted by Crippen LogP contribution is -2.41. The molecule has 0 unspecified atom stereocenters. The van der Waals surface area contributed by atoms with Crippen molar-refractivity contribution in [3.8, 4) is 5.75 Å². The number of likely N-dealkylation sites (tertiary alicyclic amines) is 1. The second kappa shape index (κ2) is 10.1. The van der Waals surface area contributed by atoms with E-state index in [1.54, 1.807) is 13.2 Å². The first kappa shape index (κ1) is 24.2. The molecule has 2 N–H and O–H groups in total. The van der Waals surface area contributed by atoms with Crippen molar-refractivity contribution in [2.24, 2.45) is 9.98 Å². The first-order chi connectivity index (χ1) is 16.3. The predicted octanol–water partition coefficient (Wildman–Crippen LogP) is 3.24. The number of piperidine rings is 1. The lowest BCUT2D eigenvalue weighted by atomic mass is 9.89. The quantitative estimate of drug-likeness (QED) is 0.381. The number of amidine groups is 1. The first-order valence-electron chi connectivity index (χ1n) is 11.8. The van der Waals surface area contributed by atoms with Gasteiger partial charge in [-0.1, -0.05) is 12.6 Å². The Morgan fingerprint density at radius 1 is 1.35 bits per heavy atom. The molecule has 8 heteroatoms. The number of methoxy groups -OCH3 is 1. The second-order valence-electron chi connectivity index (χ2n) is 9.43. The van der Waals surface area contributed by atoms with E-state index >= 15 is 0 Å². The minimum Gasteiger partial charge on any atom is -0.496 e. The molecule has 3 aliphatic rings. The lowest BCUT2D eigenvalue weighted by molar-refractivity contribution is -0.115. The van der Waals surface area contributed by atoms with E-state index in [-0.39, 0.29) is 11.5 Å². The topological polar surface area (TPSA) is 95.8 Å².